The third-order valence-corrected chi connectivity index (χ3v) is 4.27. The normalized spacial score (nSPS) is 26.2. The van der Waals surface area contributed by atoms with Gasteiger partial charge in [-0.05, 0) is 12.8 Å². The molecule has 1 aliphatic heterocycles. The summed E-state index contributed by atoms with van der Waals surface area (Å²) < 4.78 is 22.5. The van der Waals surface area contributed by atoms with Crippen molar-refractivity contribution in [3.63, 3.8) is 0 Å². The van der Waals surface area contributed by atoms with E-state index in [-0.39, 0.29) is 11.9 Å². The van der Waals surface area contributed by atoms with Crippen molar-refractivity contribution in [3.8, 4) is 11.8 Å². The van der Waals surface area contributed by atoms with Crippen LogP contribution in [0.4, 0.5) is 0 Å². The number of aliphatic hydroxyl groups excluding tert-OH is 1. The molecule has 4 heteroatoms. The number of sulfone groups is 1. The van der Waals surface area contributed by atoms with Crippen LogP contribution in [0, 0.1) is 11.8 Å². The van der Waals surface area contributed by atoms with Crippen molar-refractivity contribution in [1.29, 1.82) is 0 Å². The van der Waals surface area contributed by atoms with Gasteiger partial charge in [-0.25, -0.2) is 8.42 Å². The molecular weight excluding hydrogens is 176 g/mol. The first-order valence-electron chi connectivity index (χ1n) is 3.95. The van der Waals surface area contributed by atoms with Crippen LogP contribution < -0.4 is 0 Å². The van der Waals surface area contributed by atoms with Crippen LogP contribution in [0.2, 0.25) is 0 Å². The second-order valence-electron chi connectivity index (χ2n) is 2.85. The lowest BCUT2D eigenvalue weighted by Gasteiger charge is -2.02. The van der Waals surface area contributed by atoms with Crippen molar-refractivity contribution < 1.29 is 13.5 Å². The number of hydrogen-bond donors (Lipinski definition) is 1. The Kier molecular flexibility index (Phi) is 3.12. The highest BCUT2D eigenvalue weighted by atomic mass is 32.2. The Bertz CT molecular complexity index is 294. The molecule has 1 atom stereocenters. The number of hydrogen-bond acceptors (Lipinski definition) is 3. The molecule has 1 heterocycles. The van der Waals surface area contributed by atoms with Gasteiger partial charge in [0.2, 0.25) is 0 Å². The van der Waals surface area contributed by atoms with Crippen LogP contribution in [-0.4, -0.2) is 31.1 Å². The van der Waals surface area contributed by atoms with E-state index >= 15 is 0 Å². The van der Waals surface area contributed by atoms with Crippen molar-refractivity contribution >= 4 is 9.84 Å². The zero-order valence-electron chi connectivity index (χ0n) is 6.78. The largest absolute Gasteiger partial charge is 0.384 e. The van der Waals surface area contributed by atoms with Gasteiger partial charge in [-0.15, -0.1) is 0 Å². The summed E-state index contributed by atoms with van der Waals surface area (Å²) in [4.78, 5) is 0. The van der Waals surface area contributed by atoms with Gasteiger partial charge in [0.05, 0.1) is 11.0 Å². The van der Waals surface area contributed by atoms with Gasteiger partial charge in [0, 0.05) is 6.42 Å². The summed E-state index contributed by atoms with van der Waals surface area (Å²) in [5.74, 6) is 5.41. The summed E-state index contributed by atoms with van der Waals surface area (Å²) in [6.45, 7) is -0.188. The summed E-state index contributed by atoms with van der Waals surface area (Å²) in [5.41, 5.74) is 0. The molecule has 0 spiro atoms. The van der Waals surface area contributed by atoms with Gasteiger partial charge in [0.15, 0.2) is 9.84 Å². The van der Waals surface area contributed by atoms with Crippen LogP contribution in [-0.2, 0) is 9.84 Å². The molecule has 0 amide bonds. The quantitative estimate of drug-likeness (QED) is 0.587. The molecule has 3 nitrogen and oxygen atoms in total. The smallest absolute Gasteiger partial charge is 0.154 e. The zero-order valence-corrected chi connectivity index (χ0v) is 7.60. The lowest BCUT2D eigenvalue weighted by molar-refractivity contribution is 0.350. The molecule has 0 aliphatic carbocycles. The van der Waals surface area contributed by atoms with Gasteiger partial charge >= 0.3 is 0 Å². The Morgan fingerprint density at radius 1 is 1.42 bits per heavy atom. The predicted molar refractivity (Wildman–Crippen MR) is 46.3 cm³/mol. The zero-order chi connectivity index (χ0) is 9.03. The molecule has 12 heavy (non-hydrogen) atoms. The van der Waals surface area contributed by atoms with Crippen LogP contribution in [0.1, 0.15) is 19.3 Å². The second-order valence-corrected chi connectivity index (χ2v) is 5.25. The van der Waals surface area contributed by atoms with Crippen molar-refractivity contribution in [2.24, 2.45) is 0 Å². The number of aliphatic hydroxyl groups is 1. The first-order chi connectivity index (χ1) is 5.67. The molecule has 1 N–H and O–H groups in total. The van der Waals surface area contributed by atoms with Gasteiger partial charge in [0.25, 0.3) is 0 Å². The standard InChI is InChI=1S/C8H12O3S/c9-6-2-1-4-8-5-3-7-12(8,10)11/h8-9H,3-7H2. The van der Waals surface area contributed by atoms with Crippen molar-refractivity contribution in [1.82, 2.24) is 0 Å². The number of rotatable bonds is 1. The van der Waals surface area contributed by atoms with Gasteiger partial charge in [0.1, 0.15) is 6.61 Å². The lowest BCUT2D eigenvalue weighted by atomic mass is 10.2. The van der Waals surface area contributed by atoms with Crippen LogP contribution in [0.15, 0.2) is 0 Å². The molecule has 1 aliphatic rings. The lowest BCUT2D eigenvalue weighted by Crippen LogP contribution is -2.14. The van der Waals surface area contributed by atoms with E-state index in [4.69, 9.17) is 5.11 Å². The minimum Gasteiger partial charge on any atom is -0.384 e. The molecule has 0 bridgehead atoms. The van der Waals surface area contributed by atoms with Gasteiger partial charge in [-0.1, -0.05) is 11.8 Å². The second kappa shape index (κ2) is 3.92. The van der Waals surface area contributed by atoms with E-state index in [0.29, 0.717) is 12.2 Å². The summed E-state index contributed by atoms with van der Waals surface area (Å²) >= 11 is 0. The highest BCUT2D eigenvalue weighted by Gasteiger charge is 2.30. The fourth-order valence-corrected chi connectivity index (χ4v) is 3.09. The Morgan fingerprint density at radius 3 is 2.67 bits per heavy atom. The van der Waals surface area contributed by atoms with Crippen LogP contribution in [0.5, 0.6) is 0 Å². The van der Waals surface area contributed by atoms with Crippen molar-refractivity contribution in [2.45, 2.75) is 24.5 Å². The molecule has 0 saturated carbocycles. The summed E-state index contributed by atoms with van der Waals surface area (Å²) in [6, 6.07) is 0. The molecule has 0 aromatic heterocycles. The highest BCUT2D eigenvalue weighted by molar-refractivity contribution is 7.92. The first-order valence-corrected chi connectivity index (χ1v) is 5.66. The van der Waals surface area contributed by atoms with E-state index in [1.54, 1.807) is 0 Å². The van der Waals surface area contributed by atoms with Gasteiger partial charge in [-0.3, -0.25) is 0 Å². The molecule has 0 aromatic carbocycles. The van der Waals surface area contributed by atoms with E-state index in [9.17, 15) is 8.42 Å². The third-order valence-electron chi connectivity index (χ3n) is 2.00. The summed E-state index contributed by atoms with van der Waals surface area (Å²) in [6.07, 6.45) is 1.86. The monoisotopic (exact) mass is 188 g/mol. The summed E-state index contributed by atoms with van der Waals surface area (Å²) in [5, 5.41) is 8.07. The molecule has 0 aromatic rings. The Hall–Kier alpha value is -0.530. The maximum Gasteiger partial charge on any atom is 0.154 e. The van der Waals surface area contributed by atoms with E-state index in [1.807, 2.05) is 0 Å². The van der Waals surface area contributed by atoms with E-state index < -0.39 is 9.84 Å². The maximum absolute atomic E-state index is 11.2. The van der Waals surface area contributed by atoms with E-state index in [2.05, 4.69) is 11.8 Å². The molecule has 1 rings (SSSR count). The van der Waals surface area contributed by atoms with Gasteiger partial charge in [-0.2, -0.15) is 0 Å². The van der Waals surface area contributed by atoms with Crippen LogP contribution >= 0.6 is 0 Å². The Balaban J connectivity index is 2.53. The average molecular weight is 188 g/mol. The van der Waals surface area contributed by atoms with E-state index in [1.165, 1.54) is 0 Å². The molecule has 68 valence electrons. The molecular formula is C8H12O3S. The molecule has 1 unspecified atom stereocenters. The Labute approximate surface area is 72.7 Å². The fraction of sp³-hybridized carbons (Fsp3) is 0.750. The van der Waals surface area contributed by atoms with Crippen molar-refractivity contribution in [3.05, 3.63) is 0 Å². The minimum absolute atomic E-state index is 0.188. The highest BCUT2D eigenvalue weighted by Crippen LogP contribution is 2.21. The summed E-state index contributed by atoms with van der Waals surface area (Å²) in [7, 11) is -2.85. The average Bonchev–Trinajstić information content (AvgIpc) is 2.32. The minimum atomic E-state index is -2.85. The van der Waals surface area contributed by atoms with Crippen LogP contribution in [0.3, 0.4) is 0 Å². The van der Waals surface area contributed by atoms with Crippen molar-refractivity contribution in [2.75, 3.05) is 12.4 Å². The third kappa shape index (κ3) is 2.23. The maximum atomic E-state index is 11.2. The van der Waals surface area contributed by atoms with Gasteiger partial charge < -0.3 is 5.11 Å². The molecule has 1 saturated heterocycles. The van der Waals surface area contributed by atoms with E-state index in [0.717, 1.165) is 12.8 Å². The first kappa shape index (κ1) is 9.56. The molecule has 1 fully saturated rings. The van der Waals surface area contributed by atoms with Crippen LogP contribution in [0.25, 0.3) is 0 Å². The molecule has 0 radical (unpaired) electrons. The topological polar surface area (TPSA) is 54.4 Å². The fourth-order valence-electron chi connectivity index (χ4n) is 1.33. The predicted octanol–water partition coefficient (Wildman–Crippen LogP) is -0.0506. The Morgan fingerprint density at radius 2 is 2.17 bits per heavy atom. The SMILES string of the molecule is O=S1(=O)CCCC1CC#CCO.